The van der Waals surface area contributed by atoms with Crippen molar-refractivity contribution in [3.05, 3.63) is 58.1 Å². The van der Waals surface area contributed by atoms with E-state index in [1.54, 1.807) is 6.07 Å². The summed E-state index contributed by atoms with van der Waals surface area (Å²) in [6.07, 6.45) is 0. The molecule has 1 nitrogen and oxygen atoms in total. The molecule has 0 heterocycles. The standard InChI is InChI=1S/C13H10BrF2NS/c14-9-1-8(2-10(15)3-9)7-18-13-5-11(16)4-12(17)6-13/h1-6H,7,17H2. The Morgan fingerprint density at radius 3 is 2.39 bits per heavy atom. The van der Waals surface area contributed by atoms with Crippen molar-refractivity contribution in [2.24, 2.45) is 0 Å². The van der Waals surface area contributed by atoms with Crippen LogP contribution in [0.4, 0.5) is 14.5 Å². The van der Waals surface area contributed by atoms with E-state index in [0.29, 0.717) is 15.9 Å². The Morgan fingerprint density at radius 1 is 1.00 bits per heavy atom. The third-order valence-corrected chi connectivity index (χ3v) is 3.73. The first-order valence-corrected chi connectivity index (χ1v) is 6.94. The van der Waals surface area contributed by atoms with Gasteiger partial charge >= 0.3 is 0 Å². The minimum absolute atomic E-state index is 0.293. The van der Waals surface area contributed by atoms with Crippen LogP contribution in [0, 0.1) is 11.6 Å². The fraction of sp³-hybridized carbons (Fsp3) is 0.0769. The Morgan fingerprint density at radius 2 is 1.72 bits per heavy atom. The van der Waals surface area contributed by atoms with Crippen LogP contribution in [-0.4, -0.2) is 0 Å². The molecule has 0 radical (unpaired) electrons. The van der Waals surface area contributed by atoms with Crippen LogP contribution in [0.25, 0.3) is 0 Å². The molecule has 0 spiro atoms. The van der Waals surface area contributed by atoms with E-state index in [4.69, 9.17) is 5.73 Å². The fourth-order valence-electron chi connectivity index (χ4n) is 1.53. The first kappa shape index (κ1) is 13.4. The number of nitrogens with two attached hydrogens (primary N) is 1. The molecule has 0 aliphatic carbocycles. The van der Waals surface area contributed by atoms with Gasteiger partial charge in [-0.2, -0.15) is 0 Å². The van der Waals surface area contributed by atoms with E-state index in [1.165, 1.54) is 36.0 Å². The Kier molecular flexibility index (Phi) is 4.24. The van der Waals surface area contributed by atoms with E-state index in [9.17, 15) is 8.78 Å². The SMILES string of the molecule is Nc1cc(F)cc(SCc2cc(F)cc(Br)c2)c1. The van der Waals surface area contributed by atoms with Gasteiger partial charge < -0.3 is 5.73 Å². The Balaban J connectivity index is 2.11. The van der Waals surface area contributed by atoms with Gasteiger partial charge in [0.25, 0.3) is 0 Å². The van der Waals surface area contributed by atoms with Crippen molar-refractivity contribution in [2.75, 3.05) is 5.73 Å². The molecule has 0 amide bonds. The summed E-state index contributed by atoms with van der Waals surface area (Å²) < 4.78 is 27.0. The molecule has 94 valence electrons. The zero-order valence-electron chi connectivity index (χ0n) is 9.29. The summed E-state index contributed by atoms with van der Waals surface area (Å²) in [5.41, 5.74) is 6.77. The highest BCUT2D eigenvalue weighted by Crippen LogP contribution is 2.27. The molecule has 0 aliphatic heterocycles. The molecule has 0 saturated heterocycles. The Bertz CT molecular complexity index is 483. The summed E-state index contributed by atoms with van der Waals surface area (Å²) in [5, 5.41) is 0. The number of rotatable bonds is 3. The third kappa shape index (κ3) is 3.71. The van der Waals surface area contributed by atoms with Gasteiger partial charge in [-0.15, -0.1) is 11.8 Å². The van der Waals surface area contributed by atoms with Crippen molar-refractivity contribution in [2.45, 2.75) is 10.6 Å². The second-order valence-electron chi connectivity index (χ2n) is 3.79. The number of thioether (sulfide) groups is 1. The van der Waals surface area contributed by atoms with E-state index < -0.39 is 0 Å². The number of nitrogen functional groups attached to an aromatic ring is 1. The van der Waals surface area contributed by atoms with Crippen LogP contribution < -0.4 is 5.73 Å². The first-order valence-electron chi connectivity index (χ1n) is 5.17. The summed E-state index contributed by atoms with van der Waals surface area (Å²) in [7, 11) is 0. The molecule has 2 aromatic carbocycles. The van der Waals surface area contributed by atoms with E-state index in [2.05, 4.69) is 15.9 Å². The number of hydrogen-bond donors (Lipinski definition) is 1. The predicted octanol–water partition coefficient (Wildman–Crippen LogP) is 4.60. The lowest BCUT2D eigenvalue weighted by Crippen LogP contribution is -1.88. The van der Waals surface area contributed by atoms with Crippen molar-refractivity contribution in [3.8, 4) is 0 Å². The fourth-order valence-corrected chi connectivity index (χ4v) is 2.96. The number of halogens is 3. The van der Waals surface area contributed by atoms with Gasteiger partial charge in [0, 0.05) is 20.8 Å². The van der Waals surface area contributed by atoms with E-state index in [-0.39, 0.29) is 11.6 Å². The number of anilines is 1. The van der Waals surface area contributed by atoms with Gasteiger partial charge in [0.05, 0.1) is 0 Å². The van der Waals surface area contributed by atoms with Gasteiger partial charge in [0.2, 0.25) is 0 Å². The summed E-state index contributed by atoms with van der Waals surface area (Å²) in [6.45, 7) is 0. The van der Waals surface area contributed by atoms with Crippen LogP contribution in [0.5, 0.6) is 0 Å². The molecule has 2 aromatic rings. The lowest BCUT2D eigenvalue weighted by atomic mass is 10.2. The Hall–Kier alpha value is -1.07. The van der Waals surface area contributed by atoms with Crippen molar-refractivity contribution in [1.29, 1.82) is 0 Å². The van der Waals surface area contributed by atoms with Gasteiger partial charge in [-0.3, -0.25) is 0 Å². The highest BCUT2D eigenvalue weighted by atomic mass is 79.9. The number of hydrogen-bond acceptors (Lipinski definition) is 2. The van der Waals surface area contributed by atoms with Crippen molar-refractivity contribution < 1.29 is 8.78 Å². The monoisotopic (exact) mass is 329 g/mol. The highest BCUT2D eigenvalue weighted by Gasteiger charge is 2.03. The summed E-state index contributed by atoms with van der Waals surface area (Å²) in [6, 6.07) is 9.06. The van der Waals surface area contributed by atoms with Crippen LogP contribution >= 0.6 is 27.7 Å². The van der Waals surface area contributed by atoms with Crippen molar-refractivity contribution in [3.63, 3.8) is 0 Å². The molecule has 5 heteroatoms. The average Bonchev–Trinajstić information content (AvgIpc) is 2.23. The summed E-state index contributed by atoms with van der Waals surface area (Å²) in [5.74, 6) is -0.101. The maximum Gasteiger partial charge on any atom is 0.126 e. The lowest BCUT2D eigenvalue weighted by molar-refractivity contribution is 0.624. The van der Waals surface area contributed by atoms with E-state index in [1.807, 2.05) is 6.07 Å². The highest BCUT2D eigenvalue weighted by molar-refractivity contribution is 9.10. The topological polar surface area (TPSA) is 26.0 Å². The summed E-state index contributed by atoms with van der Waals surface area (Å²) >= 11 is 4.64. The molecule has 0 aliphatic rings. The molecule has 0 atom stereocenters. The maximum absolute atomic E-state index is 13.2. The molecule has 2 N–H and O–H groups in total. The number of benzene rings is 2. The molecule has 0 bridgehead atoms. The largest absolute Gasteiger partial charge is 0.399 e. The van der Waals surface area contributed by atoms with E-state index >= 15 is 0 Å². The van der Waals surface area contributed by atoms with Gasteiger partial charge in [0.1, 0.15) is 11.6 Å². The Labute approximate surface area is 117 Å². The van der Waals surface area contributed by atoms with Crippen LogP contribution in [-0.2, 0) is 5.75 Å². The van der Waals surface area contributed by atoms with Crippen LogP contribution in [0.2, 0.25) is 0 Å². The average molecular weight is 330 g/mol. The molecule has 0 fully saturated rings. The van der Waals surface area contributed by atoms with Crippen molar-refractivity contribution >= 4 is 33.4 Å². The van der Waals surface area contributed by atoms with Gasteiger partial charge in [-0.1, -0.05) is 15.9 Å². The molecule has 18 heavy (non-hydrogen) atoms. The molecular formula is C13H10BrF2NS. The molecule has 0 saturated carbocycles. The zero-order chi connectivity index (χ0) is 13.1. The third-order valence-electron chi connectivity index (χ3n) is 2.22. The van der Waals surface area contributed by atoms with Gasteiger partial charge in [-0.25, -0.2) is 8.78 Å². The second-order valence-corrected chi connectivity index (χ2v) is 5.75. The van der Waals surface area contributed by atoms with Gasteiger partial charge in [-0.05, 0) is 42.0 Å². The van der Waals surface area contributed by atoms with Crippen LogP contribution in [0.1, 0.15) is 5.56 Å². The normalized spacial score (nSPS) is 10.6. The minimum atomic E-state index is -0.363. The first-order chi connectivity index (χ1) is 8.52. The smallest absolute Gasteiger partial charge is 0.126 e. The van der Waals surface area contributed by atoms with Crippen molar-refractivity contribution in [1.82, 2.24) is 0 Å². The van der Waals surface area contributed by atoms with Crippen LogP contribution in [0.3, 0.4) is 0 Å². The molecule has 2 rings (SSSR count). The summed E-state index contributed by atoms with van der Waals surface area (Å²) in [4.78, 5) is 0.730. The minimum Gasteiger partial charge on any atom is -0.399 e. The molecule has 0 aromatic heterocycles. The van der Waals surface area contributed by atoms with Crippen LogP contribution in [0.15, 0.2) is 45.8 Å². The molecular weight excluding hydrogens is 320 g/mol. The molecule has 0 unspecified atom stereocenters. The van der Waals surface area contributed by atoms with E-state index in [0.717, 1.165) is 10.5 Å². The second kappa shape index (κ2) is 5.71. The zero-order valence-corrected chi connectivity index (χ0v) is 11.7. The lowest BCUT2D eigenvalue weighted by Gasteiger charge is -2.05. The maximum atomic E-state index is 13.2. The predicted molar refractivity (Wildman–Crippen MR) is 74.5 cm³/mol. The van der Waals surface area contributed by atoms with Gasteiger partial charge in [0.15, 0.2) is 0 Å². The quantitative estimate of drug-likeness (QED) is 0.657.